The fourth-order valence-corrected chi connectivity index (χ4v) is 2.30. The fraction of sp³-hybridized carbons (Fsp3) is 0.250. The number of imide groups is 1. The Labute approximate surface area is 132 Å². The van der Waals surface area contributed by atoms with Crippen molar-refractivity contribution in [1.29, 1.82) is 0 Å². The van der Waals surface area contributed by atoms with E-state index in [9.17, 15) is 14.4 Å². The van der Waals surface area contributed by atoms with Crippen molar-refractivity contribution in [3.8, 4) is 0 Å². The topological polar surface area (TPSA) is 81.5 Å². The number of hydrogen-bond acceptors (Lipinski definition) is 5. The monoisotopic (exact) mass is 313 g/mol. The van der Waals surface area contributed by atoms with Gasteiger partial charge in [0.25, 0.3) is 11.8 Å². The second kappa shape index (κ2) is 5.05. The molecule has 7 heteroatoms. The van der Waals surface area contributed by atoms with E-state index in [0.29, 0.717) is 10.8 Å². The maximum absolute atomic E-state index is 12.5. The normalized spacial score (nSPS) is 14.1. The van der Waals surface area contributed by atoms with Crippen molar-refractivity contribution < 1.29 is 19.2 Å². The second-order valence-electron chi connectivity index (χ2n) is 5.83. The third-order valence-corrected chi connectivity index (χ3v) is 3.80. The molecule has 1 aromatic heterocycles. The van der Waals surface area contributed by atoms with Crippen LogP contribution in [0.2, 0.25) is 0 Å². The first kappa shape index (κ1) is 15.0. The number of amides is 2. The number of carbonyl (C=O) groups excluding carboxylic acids is 3. The highest BCUT2D eigenvalue weighted by Gasteiger charge is 2.42. The Morgan fingerprint density at radius 2 is 1.65 bits per heavy atom. The average Bonchev–Trinajstić information content (AvgIpc) is 3.06. The molecule has 0 saturated heterocycles. The molecule has 2 aromatic rings. The van der Waals surface area contributed by atoms with Crippen molar-refractivity contribution in [1.82, 2.24) is 14.8 Å². The number of nitrogens with zero attached hydrogens (tertiary/aromatic N) is 3. The standard InChI is InChI=1S/C16H15N3O4/c1-16(2,12-8-9-18(3)17-12)15(22)23-19-13(20)10-6-4-5-7-11(10)14(19)21/h4-9H,1-3H3. The summed E-state index contributed by atoms with van der Waals surface area (Å²) in [4.78, 5) is 42.0. The van der Waals surface area contributed by atoms with E-state index >= 15 is 0 Å². The molecule has 2 heterocycles. The molecule has 1 aliphatic rings. The SMILES string of the molecule is Cn1ccc(C(C)(C)C(=O)ON2C(=O)c3ccccc3C2=O)n1. The van der Waals surface area contributed by atoms with Crippen LogP contribution in [0.15, 0.2) is 36.5 Å². The largest absolute Gasteiger partial charge is 0.344 e. The molecule has 0 N–H and O–H groups in total. The minimum Gasteiger partial charge on any atom is -0.329 e. The van der Waals surface area contributed by atoms with E-state index in [4.69, 9.17) is 4.84 Å². The average molecular weight is 313 g/mol. The number of benzene rings is 1. The Bertz CT molecular complexity index is 787. The molecule has 0 atom stereocenters. The third kappa shape index (κ3) is 2.30. The molecule has 3 rings (SSSR count). The first-order valence-corrected chi connectivity index (χ1v) is 7.02. The van der Waals surface area contributed by atoms with Gasteiger partial charge in [-0.2, -0.15) is 5.10 Å². The van der Waals surface area contributed by atoms with Crippen molar-refractivity contribution in [2.75, 3.05) is 0 Å². The van der Waals surface area contributed by atoms with Crippen molar-refractivity contribution >= 4 is 17.8 Å². The van der Waals surface area contributed by atoms with Crippen LogP contribution >= 0.6 is 0 Å². The van der Waals surface area contributed by atoms with Gasteiger partial charge in [0.05, 0.1) is 16.8 Å². The van der Waals surface area contributed by atoms with Crippen LogP contribution in [0.1, 0.15) is 40.3 Å². The molecule has 0 fully saturated rings. The molecular weight excluding hydrogens is 298 g/mol. The first-order chi connectivity index (χ1) is 10.8. The van der Waals surface area contributed by atoms with E-state index < -0.39 is 23.2 Å². The van der Waals surface area contributed by atoms with Crippen molar-refractivity contribution in [3.05, 3.63) is 53.3 Å². The highest BCUT2D eigenvalue weighted by atomic mass is 16.7. The molecule has 118 valence electrons. The summed E-state index contributed by atoms with van der Waals surface area (Å²) in [7, 11) is 1.73. The Balaban J connectivity index is 1.84. The number of rotatable bonds is 3. The van der Waals surface area contributed by atoms with Crippen molar-refractivity contribution in [2.24, 2.45) is 7.05 Å². The number of hydrogen-bond donors (Lipinski definition) is 0. The number of carbonyl (C=O) groups is 3. The molecule has 23 heavy (non-hydrogen) atoms. The Morgan fingerprint density at radius 3 is 2.13 bits per heavy atom. The minimum atomic E-state index is -1.10. The van der Waals surface area contributed by atoms with Gasteiger partial charge in [-0.1, -0.05) is 17.2 Å². The van der Waals surface area contributed by atoms with E-state index in [1.807, 2.05) is 0 Å². The van der Waals surface area contributed by atoms with E-state index in [1.54, 1.807) is 50.0 Å². The molecule has 1 aliphatic heterocycles. The van der Waals surface area contributed by atoms with Crippen LogP contribution in [-0.2, 0) is 22.1 Å². The van der Waals surface area contributed by atoms with E-state index in [2.05, 4.69) is 5.10 Å². The van der Waals surface area contributed by atoms with Gasteiger partial charge in [-0.3, -0.25) is 14.3 Å². The predicted octanol–water partition coefficient (Wildman–Crippen LogP) is 1.45. The minimum absolute atomic E-state index is 0.223. The lowest BCUT2D eigenvalue weighted by Crippen LogP contribution is -2.40. The summed E-state index contributed by atoms with van der Waals surface area (Å²) in [6, 6.07) is 8.02. The number of aryl methyl sites for hydroxylation is 1. The Hall–Kier alpha value is -2.96. The predicted molar refractivity (Wildman–Crippen MR) is 79.3 cm³/mol. The molecule has 0 aliphatic carbocycles. The van der Waals surface area contributed by atoms with Crippen LogP contribution < -0.4 is 0 Å². The first-order valence-electron chi connectivity index (χ1n) is 7.02. The van der Waals surface area contributed by atoms with Gasteiger partial charge < -0.3 is 4.84 Å². The molecule has 0 unspecified atom stereocenters. The van der Waals surface area contributed by atoms with Crippen LogP contribution in [0.4, 0.5) is 0 Å². The Kier molecular flexibility index (Phi) is 3.28. The summed E-state index contributed by atoms with van der Waals surface area (Å²) in [5, 5.41) is 4.69. The molecule has 1 aromatic carbocycles. The van der Waals surface area contributed by atoms with E-state index in [1.165, 1.54) is 12.1 Å². The third-order valence-electron chi connectivity index (χ3n) is 3.80. The van der Waals surface area contributed by atoms with Crippen LogP contribution in [0.5, 0.6) is 0 Å². The summed E-state index contributed by atoms with van der Waals surface area (Å²) in [6.45, 7) is 3.24. The fourth-order valence-electron chi connectivity index (χ4n) is 2.30. The molecule has 0 saturated carbocycles. The highest BCUT2D eigenvalue weighted by Crippen LogP contribution is 2.27. The molecular formula is C16H15N3O4. The van der Waals surface area contributed by atoms with Gasteiger partial charge in [0.2, 0.25) is 0 Å². The van der Waals surface area contributed by atoms with Gasteiger partial charge in [-0.05, 0) is 32.0 Å². The van der Waals surface area contributed by atoms with Gasteiger partial charge in [-0.25, -0.2) is 4.79 Å². The summed E-state index contributed by atoms with van der Waals surface area (Å²) in [6.07, 6.45) is 1.70. The number of hydroxylamine groups is 2. The highest BCUT2D eigenvalue weighted by molar-refractivity contribution is 6.21. The molecule has 7 nitrogen and oxygen atoms in total. The van der Waals surface area contributed by atoms with Gasteiger partial charge >= 0.3 is 5.97 Å². The van der Waals surface area contributed by atoms with Gasteiger partial charge in [0.15, 0.2) is 0 Å². The van der Waals surface area contributed by atoms with Gasteiger partial charge in [0.1, 0.15) is 5.41 Å². The zero-order valence-corrected chi connectivity index (χ0v) is 12.9. The molecule has 0 bridgehead atoms. The van der Waals surface area contributed by atoms with Crippen LogP contribution in [0.25, 0.3) is 0 Å². The Morgan fingerprint density at radius 1 is 1.09 bits per heavy atom. The summed E-state index contributed by atoms with van der Waals surface area (Å²) in [5.74, 6) is -2.02. The van der Waals surface area contributed by atoms with Crippen molar-refractivity contribution in [3.63, 3.8) is 0 Å². The summed E-state index contributed by atoms with van der Waals surface area (Å²) < 4.78 is 1.56. The van der Waals surface area contributed by atoms with E-state index in [-0.39, 0.29) is 11.1 Å². The summed E-state index contributed by atoms with van der Waals surface area (Å²) >= 11 is 0. The smallest absolute Gasteiger partial charge is 0.329 e. The molecule has 0 radical (unpaired) electrons. The van der Waals surface area contributed by atoms with Crippen LogP contribution in [0.3, 0.4) is 0 Å². The molecule has 0 spiro atoms. The number of aromatic nitrogens is 2. The lowest BCUT2D eigenvalue weighted by molar-refractivity contribution is -0.174. The second-order valence-corrected chi connectivity index (χ2v) is 5.83. The zero-order chi connectivity index (χ0) is 16.8. The maximum atomic E-state index is 12.5. The molecule has 2 amide bonds. The lowest BCUT2D eigenvalue weighted by atomic mass is 9.90. The van der Waals surface area contributed by atoms with Crippen LogP contribution in [-0.4, -0.2) is 32.6 Å². The van der Waals surface area contributed by atoms with Gasteiger partial charge in [-0.15, -0.1) is 0 Å². The van der Waals surface area contributed by atoms with Crippen molar-refractivity contribution in [2.45, 2.75) is 19.3 Å². The summed E-state index contributed by atoms with van der Waals surface area (Å²) in [5.41, 5.74) is -0.167. The maximum Gasteiger partial charge on any atom is 0.344 e. The number of fused-ring (bicyclic) bond motifs is 1. The zero-order valence-electron chi connectivity index (χ0n) is 12.9. The van der Waals surface area contributed by atoms with Gasteiger partial charge in [0, 0.05) is 13.2 Å². The quantitative estimate of drug-likeness (QED) is 0.801. The van der Waals surface area contributed by atoms with E-state index in [0.717, 1.165) is 0 Å². The lowest BCUT2D eigenvalue weighted by Gasteiger charge is -2.22. The van der Waals surface area contributed by atoms with Crippen LogP contribution in [0, 0.1) is 0 Å².